The molecular weight excluding hydrogens is 480 g/mol. The van der Waals surface area contributed by atoms with Crippen LogP contribution < -0.4 is 26.5 Å². The van der Waals surface area contributed by atoms with E-state index in [0.717, 1.165) is 9.13 Å². The first-order valence-corrected chi connectivity index (χ1v) is 11.1. The van der Waals surface area contributed by atoms with Gasteiger partial charge in [0.05, 0.1) is 31.0 Å². The fourth-order valence-electron chi connectivity index (χ4n) is 3.89. The van der Waals surface area contributed by atoms with Gasteiger partial charge in [0, 0.05) is 25.0 Å². The van der Waals surface area contributed by atoms with E-state index in [1.165, 1.54) is 28.3 Å². The molecule has 0 radical (unpaired) electrons. The Morgan fingerprint density at radius 1 is 0.946 bits per heavy atom. The number of hydrogen-bond acceptors (Lipinski definition) is 9. The predicted molar refractivity (Wildman–Crippen MR) is 136 cm³/mol. The molecule has 0 amide bonds. The second-order valence-corrected chi connectivity index (χ2v) is 8.11. The highest BCUT2D eigenvalue weighted by Crippen LogP contribution is 2.33. The van der Waals surface area contributed by atoms with Crippen LogP contribution in [0.1, 0.15) is 20.7 Å². The molecule has 4 aromatic rings. The molecule has 2 aromatic heterocycles. The van der Waals surface area contributed by atoms with Crippen LogP contribution in [0.3, 0.4) is 0 Å². The maximum atomic E-state index is 13.1. The average molecular weight is 504 g/mol. The molecule has 0 atom stereocenters. The Bertz CT molecular complexity index is 1670. The number of ether oxygens (including phenoxy) is 3. The number of methoxy groups -OCH3 is 2. The van der Waals surface area contributed by atoms with Crippen molar-refractivity contribution in [3.63, 3.8) is 0 Å². The van der Waals surface area contributed by atoms with Gasteiger partial charge in [-0.3, -0.25) is 18.7 Å². The van der Waals surface area contributed by atoms with Crippen molar-refractivity contribution >= 4 is 28.5 Å². The molecule has 0 saturated carbocycles. The number of carbonyl (C=O) groups excluding carboxylic acids is 2. The molecule has 2 N–H and O–H groups in total. The monoisotopic (exact) mass is 504 g/mol. The van der Waals surface area contributed by atoms with Gasteiger partial charge in [-0.1, -0.05) is 18.2 Å². The van der Waals surface area contributed by atoms with Crippen LogP contribution in [0, 0.1) is 0 Å². The molecule has 11 nitrogen and oxygen atoms in total. The summed E-state index contributed by atoms with van der Waals surface area (Å²) in [5, 5.41) is 0.515. The Labute approximate surface area is 210 Å². The molecule has 0 aliphatic carbocycles. The van der Waals surface area contributed by atoms with Gasteiger partial charge in [-0.25, -0.2) is 14.6 Å². The van der Waals surface area contributed by atoms with Crippen molar-refractivity contribution in [2.75, 3.05) is 26.6 Å². The zero-order chi connectivity index (χ0) is 26.9. The van der Waals surface area contributed by atoms with Gasteiger partial charge in [0.15, 0.2) is 18.1 Å². The van der Waals surface area contributed by atoms with Crippen LogP contribution in [0.15, 0.2) is 58.1 Å². The Morgan fingerprint density at radius 3 is 2.35 bits per heavy atom. The largest absolute Gasteiger partial charge is 0.493 e. The van der Waals surface area contributed by atoms with Crippen LogP contribution in [0.25, 0.3) is 22.2 Å². The number of Topliss-reactive ketones (excluding diaryl/α,β-unsaturated/α-hetero) is 1. The van der Waals surface area contributed by atoms with E-state index in [-0.39, 0.29) is 11.4 Å². The summed E-state index contributed by atoms with van der Waals surface area (Å²) in [5.74, 6) is -0.913. The molecule has 2 aromatic carbocycles. The summed E-state index contributed by atoms with van der Waals surface area (Å²) >= 11 is 0. The van der Waals surface area contributed by atoms with E-state index in [1.54, 1.807) is 48.5 Å². The van der Waals surface area contributed by atoms with Crippen molar-refractivity contribution in [2.45, 2.75) is 0 Å². The van der Waals surface area contributed by atoms with Crippen LogP contribution in [0.5, 0.6) is 11.5 Å². The maximum Gasteiger partial charge on any atom is 0.339 e. The Hall–Kier alpha value is -4.93. The third-order valence-electron chi connectivity index (χ3n) is 5.94. The third kappa shape index (κ3) is 4.54. The number of benzene rings is 2. The first kappa shape index (κ1) is 25.2. The van der Waals surface area contributed by atoms with Gasteiger partial charge in [0.25, 0.3) is 5.56 Å². The van der Waals surface area contributed by atoms with Gasteiger partial charge in [0.1, 0.15) is 11.4 Å². The number of fused-ring (bicyclic) bond motifs is 1. The molecule has 11 heteroatoms. The highest BCUT2D eigenvalue weighted by molar-refractivity contribution is 6.06. The summed E-state index contributed by atoms with van der Waals surface area (Å²) in [6.45, 7) is -0.751. The normalized spacial score (nSPS) is 10.8. The number of pyridine rings is 1. The van der Waals surface area contributed by atoms with Crippen molar-refractivity contribution in [1.29, 1.82) is 0 Å². The second-order valence-electron chi connectivity index (χ2n) is 8.11. The molecule has 0 aliphatic heterocycles. The number of nitrogens with zero attached hydrogens (tertiary/aromatic N) is 3. The standard InChI is InChI=1S/C26H24N4O7/c1-29-23(27)22(24(32)30(2)26(29)34)19(31)13-37-25(33)16-12-18(28-17-8-6-5-7-15(16)17)14-9-10-20(35-3)21(11-14)36-4/h5-12H,13,27H2,1-4H3. The summed E-state index contributed by atoms with van der Waals surface area (Å²) in [4.78, 5) is 55.1. The summed E-state index contributed by atoms with van der Waals surface area (Å²) in [6.07, 6.45) is 0. The van der Waals surface area contributed by atoms with Crippen LogP contribution >= 0.6 is 0 Å². The van der Waals surface area contributed by atoms with E-state index in [1.807, 2.05) is 0 Å². The zero-order valence-electron chi connectivity index (χ0n) is 20.6. The van der Waals surface area contributed by atoms with Crippen LogP contribution in [-0.4, -0.2) is 46.7 Å². The number of nitrogen functional groups attached to an aromatic ring is 1. The number of esters is 1. The lowest BCUT2D eigenvalue weighted by Gasteiger charge is -2.13. The number of para-hydroxylation sites is 1. The fourth-order valence-corrected chi connectivity index (χ4v) is 3.89. The molecule has 0 saturated heterocycles. The highest BCUT2D eigenvalue weighted by atomic mass is 16.5. The van der Waals surface area contributed by atoms with E-state index in [4.69, 9.17) is 19.9 Å². The number of nitrogens with two attached hydrogens (primary N) is 1. The molecule has 0 fully saturated rings. The van der Waals surface area contributed by atoms with Crippen LogP contribution in [-0.2, 0) is 18.8 Å². The minimum absolute atomic E-state index is 0.171. The lowest BCUT2D eigenvalue weighted by molar-refractivity contribution is 0.0476. The molecule has 0 aliphatic rings. The third-order valence-corrected chi connectivity index (χ3v) is 5.94. The smallest absolute Gasteiger partial charge is 0.339 e. The summed E-state index contributed by atoms with van der Waals surface area (Å²) in [6, 6.07) is 13.8. The van der Waals surface area contributed by atoms with E-state index >= 15 is 0 Å². The van der Waals surface area contributed by atoms with Crippen LogP contribution in [0.4, 0.5) is 5.82 Å². The van der Waals surface area contributed by atoms with E-state index in [2.05, 4.69) is 4.98 Å². The van der Waals surface area contributed by atoms with Gasteiger partial charge in [-0.2, -0.15) is 0 Å². The minimum Gasteiger partial charge on any atom is -0.493 e. The molecule has 190 valence electrons. The van der Waals surface area contributed by atoms with Gasteiger partial charge >= 0.3 is 11.7 Å². The van der Waals surface area contributed by atoms with E-state index < -0.39 is 35.2 Å². The maximum absolute atomic E-state index is 13.1. The van der Waals surface area contributed by atoms with Crippen molar-refractivity contribution in [2.24, 2.45) is 14.1 Å². The van der Waals surface area contributed by atoms with Gasteiger partial charge in [-0.05, 0) is 30.3 Å². The topological polar surface area (TPSA) is 145 Å². The highest BCUT2D eigenvalue weighted by Gasteiger charge is 2.23. The molecule has 0 bridgehead atoms. The van der Waals surface area contributed by atoms with E-state index in [9.17, 15) is 19.2 Å². The lowest BCUT2D eigenvalue weighted by atomic mass is 10.0. The Morgan fingerprint density at radius 2 is 1.65 bits per heavy atom. The first-order chi connectivity index (χ1) is 17.7. The second kappa shape index (κ2) is 9.97. The summed E-state index contributed by atoms with van der Waals surface area (Å²) < 4.78 is 17.7. The molecule has 0 unspecified atom stereocenters. The number of aromatic nitrogens is 3. The van der Waals surface area contributed by atoms with Gasteiger partial charge in [0.2, 0.25) is 5.78 Å². The summed E-state index contributed by atoms with van der Waals surface area (Å²) in [5.41, 5.74) is 5.69. The summed E-state index contributed by atoms with van der Waals surface area (Å²) in [7, 11) is 5.60. The molecule has 4 rings (SSSR count). The van der Waals surface area contributed by atoms with E-state index in [0.29, 0.717) is 33.7 Å². The number of anilines is 1. The Balaban J connectivity index is 1.70. The number of rotatable bonds is 7. The Kier molecular flexibility index (Phi) is 6.79. The molecule has 2 heterocycles. The number of ketones is 1. The van der Waals surface area contributed by atoms with Crippen LogP contribution in [0.2, 0.25) is 0 Å². The fraction of sp³-hybridized carbons (Fsp3) is 0.192. The number of carbonyl (C=O) groups is 2. The number of hydrogen-bond donors (Lipinski definition) is 1. The van der Waals surface area contributed by atoms with Crippen molar-refractivity contribution in [1.82, 2.24) is 14.1 Å². The first-order valence-electron chi connectivity index (χ1n) is 11.1. The predicted octanol–water partition coefficient (Wildman–Crippen LogP) is 1.94. The van der Waals surface area contributed by atoms with Gasteiger partial charge in [-0.15, -0.1) is 0 Å². The molecular formula is C26H24N4O7. The lowest BCUT2D eigenvalue weighted by Crippen LogP contribution is -2.42. The molecule has 37 heavy (non-hydrogen) atoms. The van der Waals surface area contributed by atoms with Crippen molar-refractivity contribution in [3.8, 4) is 22.8 Å². The minimum atomic E-state index is -0.869. The van der Waals surface area contributed by atoms with Gasteiger partial charge < -0.3 is 19.9 Å². The van der Waals surface area contributed by atoms with Crippen molar-refractivity contribution in [3.05, 3.63) is 80.5 Å². The quantitative estimate of drug-likeness (QED) is 0.295. The average Bonchev–Trinajstić information content (AvgIpc) is 2.92. The zero-order valence-corrected chi connectivity index (χ0v) is 20.6. The SMILES string of the molecule is COc1ccc(-c2cc(C(=O)OCC(=O)c3c(N)n(C)c(=O)n(C)c3=O)c3ccccc3n2)cc1OC. The molecule has 0 spiro atoms. The van der Waals surface area contributed by atoms with Crippen molar-refractivity contribution < 1.29 is 23.8 Å².